The Labute approximate surface area is 120 Å². The molecule has 1 aromatic carbocycles. The molecule has 0 N–H and O–H groups in total. The lowest BCUT2D eigenvalue weighted by Gasteiger charge is -2.28. The molecule has 2 nitrogen and oxygen atoms in total. The van der Waals surface area contributed by atoms with E-state index in [0.717, 1.165) is 5.56 Å². The zero-order valence-electron chi connectivity index (χ0n) is 11.8. The van der Waals surface area contributed by atoms with Crippen molar-refractivity contribution in [3.63, 3.8) is 0 Å². The van der Waals surface area contributed by atoms with Gasteiger partial charge in [0.25, 0.3) is 0 Å². The van der Waals surface area contributed by atoms with Gasteiger partial charge in [0.05, 0.1) is 0 Å². The molecular weight excluding hydrogens is 260 g/mol. The second-order valence-electron chi connectivity index (χ2n) is 5.17. The van der Waals surface area contributed by atoms with Gasteiger partial charge in [-0.1, -0.05) is 42.2 Å². The van der Waals surface area contributed by atoms with Gasteiger partial charge in [-0.15, -0.1) is 0 Å². The molecule has 0 unspecified atom stereocenters. The van der Waals surface area contributed by atoms with Gasteiger partial charge >= 0.3 is 0 Å². The lowest BCUT2D eigenvalue weighted by Crippen LogP contribution is -2.30. The summed E-state index contributed by atoms with van der Waals surface area (Å²) in [7, 11) is 0. The highest BCUT2D eigenvalue weighted by Gasteiger charge is 2.27. The van der Waals surface area contributed by atoms with E-state index in [-0.39, 0.29) is 0 Å². The van der Waals surface area contributed by atoms with Crippen molar-refractivity contribution < 1.29 is 9.78 Å². The topological polar surface area (TPSA) is 18.5 Å². The van der Waals surface area contributed by atoms with Crippen LogP contribution in [0.3, 0.4) is 0 Å². The fraction of sp³-hybridized carbons (Fsp3) is 0.375. The van der Waals surface area contributed by atoms with Crippen molar-refractivity contribution in [3.05, 3.63) is 47.5 Å². The van der Waals surface area contributed by atoms with Crippen LogP contribution in [0.25, 0.3) is 0 Å². The Kier molecular flexibility index (Phi) is 5.20. The van der Waals surface area contributed by atoms with Gasteiger partial charge in [0, 0.05) is 5.02 Å². The summed E-state index contributed by atoms with van der Waals surface area (Å²) in [4.78, 5) is 11.0. The Morgan fingerprint density at radius 2 is 1.68 bits per heavy atom. The lowest BCUT2D eigenvalue weighted by molar-refractivity contribution is -0.393. The Morgan fingerprint density at radius 1 is 1.11 bits per heavy atom. The highest BCUT2D eigenvalue weighted by molar-refractivity contribution is 6.30. The average molecular weight is 279 g/mol. The van der Waals surface area contributed by atoms with Crippen LogP contribution in [0.5, 0.6) is 0 Å². The van der Waals surface area contributed by atoms with Crippen LogP contribution in [-0.2, 0) is 15.4 Å². The summed E-state index contributed by atoms with van der Waals surface area (Å²) < 4.78 is 0. The summed E-state index contributed by atoms with van der Waals surface area (Å²) in [6.07, 6.45) is 1.52. The summed E-state index contributed by atoms with van der Waals surface area (Å²) in [6, 6.07) is 7.47. The predicted molar refractivity (Wildman–Crippen MR) is 78.7 cm³/mol. The first-order valence-electron chi connectivity index (χ1n) is 6.03. The normalized spacial score (nSPS) is 11.6. The number of allylic oxidation sites excluding steroid dienone is 1. The third-order valence-corrected chi connectivity index (χ3v) is 2.72. The molecule has 0 bridgehead atoms. The van der Waals surface area contributed by atoms with Crippen molar-refractivity contribution in [1.29, 1.82) is 0 Å². The molecule has 1 aromatic rings. The molecule has 0 aliphatic heterocycles. The largest absolute Gasteiger partial charge is 0.224 e. The molecule has 0 aliphatic rings. The Bertz CT molecular complexity index is 490. The van der Waals surface area contributed by atoms with Crippen LogP contribution >= 0.6 is 11.6 Å². The minimum atomic E-state index is -0.697. The maximum atomic E-state index is 5.87. The summed E-state index contributed by atoms with van der Waals surface area (Å²) in [6.45, 7) is 11.1. The average Bonchev–Trinajstić information content (AvgIpc) is 2.35. The fourth-order valence-corrected chi connectivity index (χ4v) is 1.48. The third kappa shape index (κ3) is 5.08. The monoisotopic (exact) mass is 278 g/mol. The highest BCUT2D eigenvalue weighted by Crippen LogP contribution is 2.28. The van der Waals surface area contributed by atoms with E-state index in [1.165, 1.54) is 6.08 Å². The van der Waals surface area contributed by atoms with Crippen LogP contribution in [0, 0.1) is 11.8 Å². The molecule has 0 fully saturated rings. The Morgan fingerprint density at radius 3 is 2.21 bits per heavy atom. The maximum absolute atomic E-state index is 5.87. The standard InChI is InChI=1S/C16H19ClO2/c1-6-7-12-15(2,3)18-19-16(4,5)13-8-10-14(17)11-9-13/h6,8-11H,1H2,2-5H3. The molecule has 0 saturated heterocycles. The van der Waals surface area contributed by atoms with Gasteiger partial charge < -0.3 is 0 Å². The predicted octanol–water partition coefficient (Wildman–Crippen LogP) is 4.49. The van der Waals surface area contributed by atoms with Gasteiger partial charge in [-0.05, 0) is 51.5 Å². The molecule has 0 radical (unpaired) electrons. The lowest BCUT2D eigenvalue weighted by atomic mass is 9.99. The molecule has 19 heavy (non-hydrogen) atoms. The van der Waals surface area contributed by atoms with Crippen molar-refractivity contribution in [2.45, 2.75) is 38.9 Å². The van der Waals surface area contributed by atoms with E-state index < -0.39 is 11.2 Å². The first-order chi connectivity index (χ1) is 8.77. The number of halogens is 1. The minimum absolute atomic E-state index is 0.586. The Hall–Kier alpha value is -1.27. The van der Waals surface area contributed by atoms with Gasteiger partial charge in [-0.2, -0.15) is 0 Å². The van der Waals surface area contributed by atoms with Gasteiger partial charge in [0.15, 0.2) is 5.60 Å². The van der Waals surface area contributed by atoms with Gasteiger partial charge in [0.1, 0.15) is 5.60 Å². The summed E-state index contributed by atoms with van der Waals surface area (Å²) in [5.41, 5.74) is -0.306. The van der Waals surface area contributed by atoms with E-state index in [2.05, 4.69) is 18.4 Å². The molecule has 102 valence electrons. The van der Waals surface area contributed by atoms with Crippen LogP contribution in [-0.4, -0.2) is 5.60 Å². The van der Waals surface area contributed by atoms with Crippen molar-refractivity contribution in [3.8, 4) is 11.8 Å². The van der Waals surface area contributed by atoms with Crippen molar-refractivity contribution in [1.82, 2.24) is 0 Å². The molecule has 0 saturated carbocycles. The molecule has 0 atom stereocenters. The first-order valence-corrected chi connectivity index (χ1v) is 6.41. The number of hydrogen-bond acceptors (Lipinski definition) is 2. The quantitative estimate of drug-likeness (QED) is 0.459. The second-order valence-corrected chi connectivity index (χ2v) is 5.60. The maximum Gasteiger partial charge on any atom is 0.158 e. The SMILES string of the molecule is C=CC#CC(C)(C)OOC(C)(C)c1ccc(Cl)cc1. The number of hydrogen-bond donors (Lipinski definition) is 0. The zero-order valence-corrected chi connectivity index (χ0v) is 12.5. The zero-order chi connectivity index (χ0) is 14.5. The van der Waals surface area contributed by atoms with Crippen molar-refractivity contribution in [2.24, 2.45) is 0 Å². The van der Waals surface area contributed by atoms with E-state index in [1.807, 2.05) is 52.0 Å². The smallest absolute Gasteiger partial charge is 0.158 e. The van der Waals surface area contributed by atoms with Crippen LogP contribution in [0.2, 0.25) is 5.02 Å². The van der Waals surface area contributed by atoms with Crippen LogP contribution < -0.4 is 0 Å². The van der Waals surface area contributed by atoms with E-state index in [4.69, 9.17) is 21.4 Å². The number of rotatable bonds is 4. The van der Waals surface area contributed by atoms with Crippen LogP contribution in [0.4, 0.5) is 0 Å². The molecule has 0 aromatic heterocycles. The van der Waals surface area contributed by atoms with Crippen molar-refractivity contribution in [2.75, 3.05) is 0 Å². The fourth-order valence-electron chi connectivity index (χ4n) is 1.35. The third-order valence-electron chi connectivity index (χ3n) is 2.47. The number of benzene rings is 1. The molecule has 0 spiro atoms. The molecule has 0 heterocycles. The van der Waals surface area contributed by atoms with Crippen LogP contribution in [0.15, 0.2) is 36.9 Å². The minimum Gasteiger partial charge on any atom is -0.224 e. The summed E-state index contributed by atoms with van der Waals surface area (Å²) >= 11 is 5.87. The molecule has 3 heteroatoms. The van der Waals surface area contributed by atoms with E-state index in [9.17, 15) is 0 Å². The van der Waals surface area contributed by atoms with Gasteiger partial charge in [0.2, 0.25) is 0 Å². The van der Waals surface area contributed by atoms with Gasteiger partial charge in [-0.25, -0.2) is 9.78 Å². The summed E-state index contributed by atoms with van der Waals surface area (Å²) in [5.74, 6) is 5.67. The summed E-state index contributed by atoms with van der Waals surface area (Å²) in [5, 5.41) is 0.692. The molecule has 0 amide bonds. The second kappa shape index (κ2) is 6.25. The van der Waals surface area contributed by atoms with E-state index in [0.29, 0.717) is 5.02 Å². The molecule has 0 aliphatic carbocycles. The molecule has 1 rings (SSSR count). The van der Waals surface area contributed by atoms with Crippen LogP contribution in [0.1, 0.15) is 33.3 Å². The Balaban J connectivity index is 2.75. The highest BCUT2D eigenvalue weighted by atomic mass is 35.5. The molecular formula is C16H19ClO2. The van der Waals surface area contributed by atoms with Gasteiger partial charge in [-0.3, -0.25) is 0 Å². The van der Waals surface area contributed by atoms with E-state index >= 15 is 0 Å². The first kappa shape index (κ1) is 15.8. The van der Waals surface area contributed by atoms with E-state index in [1.54, 1.807) is 0 Å². The van der Waals surface area contributed by atoms with Crippen molar-refractivity contribution >= 4 is 11.6 Å².